The van der Waals surface area contributed by atoms with Gasteiger partial charge in [0, 0.05) is 0 Å². The Labute approximate surface area is 194 Å². The molecule has 120 valence electrons. The molecule has 0 aromatic heterocycles. The standard InChI is InChI=1S/C6H9O10P.3Na.2H2O.3H/c7-3(8)1-6(5(11)12,2-4(9)10)16-17(13,14)15;;;;;;;;/h1-2H2,(H,7,8)(H,9,10)(H,11,12)(H2,13,14,15);;;;2*1H2;;;/q;3*+1;;;3*-1. The number of carboxylic acid groups (broad SMARTS) is 3. The van der Waals surface area contributed by atoms with Crippen molar-refractivity contribution in [3.8, 4) is 0 Å². The minimum Gasteiger partial charge on any atom is -1.00 e. The Balaban J connectivity index is -0.0000000457. The summed E-state index contributed by atoms with van der Waals surface area (Å²) in [6.45, 7) is 0. The third-order valence-corrected chi connectivity index (χ3v) is 2.14. The Kier molecular flexibility index (Phi) is 28.1. The van der Waals surface area contributed by atoms with Crippen LogP contribution in [0.2, 0.25) is 0 Å². The van der Waals surface area contributed by atoms with E-state index >= 15 is 0 Å². The van der Waals surface area contributed by atoms with E-state index in [0.717, 1.165) is 0 Å². The molecule has 22 heavy (non-hydrogen) atoms. The molecule has 0 spiro atoms. The van der Waals surface area contributed by atoms with Crippen LogP contribution in [0.1, 0.15) is 17.1 Å². The third kappa shape index (κ3) is 16.3. The fraction of sp³-hybridized carbons (Fsp3) is 0.500. The van der Waals surface area contributed by atoms with Crippen LogP contribution in [0, 0.1) is 0 Å². The van der Waals surface area contributed by atoms with E-state index in [0.29, 0.717) is 0 Å². The summed E-state index contributed by atoms with van der Waals surface area (Å²) in [6, 6.07) is 0. The quantitative estimate of drug-likeness (QED) is 0.206. The van der Waals surface area contributed by atoms with Crippen molar-refractivity contribution in [2.45, 2.75) is 18.4 Å². The van der Waals surface area contributed by atoms with Gasteiger partial charge in [0.25, 0.3) is 0 Å². The van der Waals surface area contributed by atoms with E-state index in [2.05, 4.69) is 4.52 Å². The van der Waals surface area contributed by atoms with E-state index in [1.807, 2.05) is 0 Å². The van der Waals surface area contributed by atoms with Crippen LogP contribution in [0.4, 0.5) is 0 Å². The van der Waals surface area contributed by atoms with Gasteiger partial charge >= 0.3 is 114 Å². The second-order valence-electron chi connectivity index (χ2n) is 3.02. The maximum absolute atomic E-state index is 10.8. The van der Waals surface area contributed by atoms with E-state index < -0.39 is 44.2 Å². The summed E-state index contributed by atoms with van der Waals surface area (Å²) >= 11 is 0. The first-order chi connectivity index (χ1) is 7.48. The second-order valence-corrected chi connectivity index (χ2v) is 4.19. The van der Waals surface area contributed by atoms with Gasteiger partial charge in [-0.15, -0.1) is 0 Å². The topological polar surface area (TPSA) is 242 Å². The SMILES string of the molecule is O.O.O=C(O)CC(CC(=O)O)(OP(=O)(O)O)C(=O)O.[H-].[H-].[H-].[Na+].[Na+].[Na+]. The van der Waals surface area contributed by atoms with Gasteiger partial charge in [0.1, 0.15) is 0 Å². The summed E-state index contributed by atoms with van der Waals surface area (Å²) in [7, 11) is -5.36. The first kappa shape index (κ1) is 38.8. The number of aliphatic carboxylic acids is 3. The van der Waals surface area contributed by atoms with Crippen molar-refractivity contribution in [3.05, 3.63) is 0 Å². The number of phosphoric acid groups is 1. The molecular formula is C6H16Na3O12P. The normalized spacial score (nSPS) is 9.36. The van der Waals surface area contributed by atoms with Crippen molar-refractivity contribution < 1.29 is 152 Å². The minimum absolute atomic E-state index is 0. The Morgan fingerprint density at radius 3 is 1.32 bits per heavy atom. The van der Waals surface area contributed by atoms with Crippen LogP contribution in [-0.2, 0) is 23.5 Å². The van der Waals surface area contributed by atoms with E-state index in [9.17, 15) is 18.9 Å². The number of hydrogen-bond donors (Lipinski definition) is 5. The largest absolute Gasteiger partial charge is 1.00 e. The molecule has 0 aliphatic rings. The van der Waals surface area contributed by atoms with Gasteiger partial charge in [-0.3, -0.25) is 14.1 Å². The predicted octanol–water partition coefficient (Wildman–Crippen LogP) is -11.4. The molecule has 0 saturated carbocycles. The fourth-order valence-electron chi connectivity index (χ4n) is 1.03. The molecule has 0 amide bonds. The molecule has 9 N–H and O–H groups in total. The van der Waals surface area contributed by atoms with Crippen LogP contribution in [0.15, 0.2) is 0 Å². The summed E-state index contributed by atoms with van der Waals surface area (Å²) in [5.74, 6) is -5.64. The van der Waals surface area contributed by atoms with Crippen LogP contribution in [0.5, 0.6) is 0 Å². The van der Waals surface area contributed by atoms with Gasteiger partial charge < -0.3 is 40.3 Å². The summed E-state index contributed by atoms with van der Waals surface area (Å²) in [5.41, 5.74) is -3.02. The maximum Gasteiger partial charge on any atom is 1.00 e. The second kappa shape index (κ2) is 15.9. The Morgan fingerprint density at radius 1 is 0.909 bits per heavy atom. The molecule has 0 saturated heterocycles. The van der Waals surface area contributed by atoms with Crippen molar-refractivity contribution >= 4 is 25.7 Å². The van der Waals surface area contributed by atoms with Crippen LogP contribution < -0.4 is 88.7 Å². The molecule has 0 bridgehead atoms. The van der Waals surface area contributed by atoms with Crippen LogP contribution in [0.25, 0.3) is 0 Å². The van der Waals surface area contributed by atoms with Crippen LogP contribution in [-0.4, -0.2) is 59.6 Å². The van der Waals surface area contributed by atoms with Gasteiger partial charge in [-0.05, 0) is 0 Å². The molecule has 0 rings (SSSR count). The van der Waals surface area contributed by atoms with E-state index in [-0.39, 0.29) is 104 Å². The number of phosphoric ester groups is 1. The van der Waals surface area contributed by atoms with Gasteiger partial charge in [0.15, 0.2) is 5.60 Å². The monoisotopic (exact) mass is 380 g/mol. The zero-order valence-electron chi connectivity index (χ0n) is 15.1. The summed E-state index contributed by atoms with van der Waals surface area (Å²) in [6.07, 6.45) is -2.81. The average Bonchev–Trinajstić information content (AvgIpc) is 1.96. The van der Waals surface area contributed by atoms with Crippen molar-refractivity contribution in [1.82, 2.24) is 0 Å². The Hall–Kier alpha value is 1.44. The van der Waals surface area contributed by atoms with Gasteiger partial charge in [-0.2, -0.15) is 0 Å². The Morgan fingerprint density at radius 2 is 1.18 bits per heavy atom. The number of hydrogen-bond acceptors (Lipinski definition) is 5. The summed E-state index contributed by atoms with van der Waals surface area (Å²) < 4.78 is 14.4. The molecular weight excluding hydrogens is 364 g/mol. The van der Waals surface area contributed by atoms with Crippen LogP contribution in [0.3, 0.4) is 0 Å². The molecule has 0 aliphatic heterocycles. The van der Waals surface area contributed by atoms with Gasteiger partial charge in [-0.1, -0.05) is 0 Å². The number of carbonyl (C=O) groups is 3. The van der Waals surface area contributed by atoms with E-state index in [1.54, 1.807) is 0 Å². The first-order valence-corrected chi connectivity index (χ1v) is 5.45. The van der Waals surface area contributed by atoms with E-state index in [1.165, 1.54) is 0 Å². The maximum atomic E-state index is 10.8. The third-order valence-electron chi connectivity index (χ3n) is 1.56. The van der Waals surface area contributed by atoms with Crippen molar-refractivity contribution in [2.24, 2.45) is 0 Å². The average molecular weight is 380 g/mol. The molecule has 12 nitrogen and oxygen atoms in total. The molecule has 0 heterocycles. The molecule has 0 radical (unpaired) electrons. The predicted molar refractivity (Wildman–Crippen MR) is 58.6 cm³/mol. The fourth-order valence-corrected chi connectivity index (χ4v) is 1.70. The number of rotatable bonds is 7. The van der Waals surface area contributed by atoms with Gasteiger partial charge in [-0.25, -0.2) is 9.36 Å². The van der Waals surface area contributed by atoms with Crippen molar-refractivity contribution in [2.75, 3.05) is 0 Å². The molecule has 0 fully saturated rings. The minimum atomic E-state index is -5.36. The molecule has 16 heteroatoms. The zero-order valence-corrected chi connectivity index (χ0v) is 19.0. The smallest absolute Gasteiger partial charge is 1.00 e. The molecule has 0 aromatic rings. The zero-order chi connectivity index (χ0) is 13.9. The molecule has 0 unspecified atom stereocenters. The van der Waals surface area contributed by atoms with Gasteiger partial charge in [0.05, 0.1) is 12.8 Å². The molecule has 0 aromatic carbocycles. The van der Waals surface area contributed by atoms with Gasteiger partial charge in [0.2, 0.25) is 0 Å². The Bertz CT molecular complexity index is 392. The molecule has 0 atom stereocenters. The summed E-state index contributed by atoms with van der Waals surface area (Å²) in [4.78, 5) is 48.5. The van der Waals surface area contributed by atoms with E-state index in [4.69, 9.17) is 25.1 Å². The van der Waals surface area contributed by atoms with Crippen molar-refractivity contribution in [1.29, 1.82) is 0 Å². The van der Waals surface area contributed by atoms with Crippen LogP contribution >= 0.6 is 7.82 Å². The molecule has 0 aliphatic carbocycles. The first-order valence-electron chi connectivity index (χ1n) is 3.92. The van der Waals surface area contributed by atoms with Crippen molar-refractivity contribution in [3.63, 3.8) is 0 Å². The number of carboxylic acids is 3. The summed E-state index contributed by atoms with van der Waals surface area (Å²) in [5, 5.41) is 25.5.